The van der Waals surface area contributed by atoms with Gasteiger partial charge in [0.05, 0.1) is 40.7 Å². The summed E-state index contributed by atoms with van der Waals surface area (Å²) >= 11 is 0. The van der Waals surface area contributed by atoms with Gasteiger partial charge in [-0.1, -0.05) is 0 Å². The highest BCUT2D eigenvalue weighted by Crippen LogP contribution is 2.28. The molecular weight excluding hydrogens is 446 g/mol. The lowest BCUT2D eigenvalue weighted by Gasteiger charge is -2.33. The number of piperidine rings is 1. The molecule has 5 rings (SSSR count). The van der Waals surface area contributed by atoms with Crippen LogP contribution in [0.2, 0.25) is 0 Å². The zero-order valence-corrected chi connectivity index (χ0v) is 20.6. The van der Waals surface area contributed by atoms with Crippen LogP contribution in [0.4, 0.5) is 4.79 Å². The number of nitrogens with zero attached hydrogens (tertiary/aromatic N) is 7. The van der Waals surface area contributed by atoms with Crippen LogP contribution in [0, 0.1) is 13.8 Å². The largest absolute Gasteiger partial charge is 0.444 e. The third-order valence-corrected chi connectivity index (χ3v) is 6.16. The zero-order chi connectivity index (χ0) is 24.9. The number of hydrogen-bond acceptors (Lipinski definition) is 7. The van der Waals surface area contributed by atoms with Crippen molar-refractivity contribution < 1.29 is 9.53 Å². The van der Waals surface area contributed by atoms with E-state index in [2.05, 4.69) is 20.1 Å². The van der Waals surface area contributed by atoms with E-state index in [4.69, 9.17) is 4.74 Å². The minimum absolute atomic E-state index is 0.154. The van der Waals surface area contributed by atoms with Gasteiger partial charge in [0.1, 0.15) is 11.3 Å². The van der Waals surface area contributed by atoms with Crippen LogP contribution in [-0.4, -0.2) is 58.7 Å². The van der Waals surface area contributed by atoms with Gasteiger partial charge in [0.25, 0.3) is 5.56 Å². The molecule has 0 radical (unpaired) electrons. The van der Waals surface area contributed by atoms with Crippen molar-refractivity contribution in [1.29, 1.82) is 0 Å². The minimum atomic E-state index is -0.515. The normalized spacial score (nSPS) is 15.2. The Morgan fingerprint density at radius 3 is 2.51 bits per heavy atom. The van der Waals surface area contributed by atoms with Gasteiger partial charge in [-0.2, -0.15) is 5.10 Å². The number of carbonyl (C=O) groups excluding carboxylic acids is 1. The van der Waals surface area contributed by atoms with E-state index >= 15 is 0 Å². The molecule has 182 valence electrons. The molecule has 0 bridgehead atoms. The second-order valence-electron chi connectivity index (χ2n) is 10.1. The molecule has 35 heavy (non-hydrogen) atoms. The van der Waals surface area contributed by atoms with E-state index in [-0.39, 0.29) is 17.6 Å². The van der Waals surface area contributed by atoms with Crippen LogP contribution in [0.25, 0.3) is 22.6 Å². The van der Waals surface area contributed by atoms with Crippen LogP contribution >= 0.6 is 0 Å². The molecule has 1 amide bonds. The minimum Gasteiger partial charge on any atom is -0.444 e. The summed E-state index contributed by atoms with van der Waals surface area (Å²) in [7, 11) is 0. The highest BCUT2D eigenvalue weighted by Gasteiger charge is 2.28. The van der Waals surface area contributed by atoms with Crippen molar-refractivity contribution in [2.45, 2.75) is 59.0 Å². The zero-order valence-electron chi connectivity index (χ0n) is 20.6. The number of carbonyl (C=O) groups is 1. The van der Waals surface area contributed by atoms with Crippen LogP contribution in [0.15, 0.2) is 35.5 Å². The molecule has 0 spiro atoms. The van der Waals surface area contributed by atoms with Crippen molar-refractivity contribution >= 4 is 17.3 Å². The molecule has 0 N–H and O–H groups in total. The fourth-order valence-corrected chi connectivity index (χ4v) is 4.47. The Morgan fingerprint density at radius 2 is 1.80 bits per heavy atom. The fourth-order valence-electron chi connectivity index (χ4n) is 4.47. The first-order valence-corrected chi connectivity index (χ1v) is 11.8. The third kappa shape index (κ3) is 4.60. The maximum atomic E-state index is 13.0. The average molecular weight is 476 g/mol. The summed E-state index contributed by atoms with van der Waals surface area (Å²) in [6.45, 7) is 10.6. The summed E-state index contributed by atoms with van der Waals surface area (Å²) in [5.74, 6) is 0.154. The van der Waals surface area contributed by atoms with Crippen LogP contribution in [0.1, 0.15) is 56.6 Å². The maximum Gasteiger partial charge on any atom is 0.410 e. The van der Waals surface area contributed by atoms with E-state index in [1.807, 2.05) is 46.9 Å². The fraction of sp³-hybridized carbons (Fsp3) is 0.440. The van der Waals surface area contributed by atoms with Gasteiger partial charge in [-0.25, -0.2) is 14.3 Å². The molecule has 0 saturated carbocycles. The van der Waals surface area contributed by atoms with Gasteiger partial charge >= 0.3 is 6.09 Å². The Bertz CT molecular complexity index is 1490. The number of rotatable bonds is 2. The molecule has 1 aliphatic heterocycles. The molecule has 1 saturated heterocycles. The van der Waals surface area contributed by atoms with Gasteiger partial charge in [-0.05, 0) is 53.5 Å². The Labute approximate surface area is 202 Å². The maximum absolute atomic E-state index is 13.0. The molecule has 10 heteroatoms. The Hall–Kier alpha value is -3.82. The summed E-state index contributed by atoms with van der Waals surface area (Å²) in [4.78, 5) is 40.8. The molecule has 0 aliphatic carbocycles. The molecule has 4 aromatic rings. The molecular formula is C25H29N7O3. The van der Waals surface area contributed by atoms with Gasteiger partial charge in [-0.3, -0.25) is 19.2 Å². The summed E-state index contributed by atoms with van der Waals surface area (Å²) in [5.41, 5.74) is 4.29. The molecule has 0 unspecified atom stereocenters. The van der Waals surface area contributed by atoms with Crippen molar-refractivity contribution in [1.82, 2.24) is 33.9 Å². The van der Waals surface area contributed by atoms with E-state index < -0.39 is 5.60 Å². The van der Waals surface area contributed by atoms with Gasteiger partial charge in [0.15, 0.2) is 5.65 Å². The third-order valence-electron chi connectivity index (χ3n) is 6.16. The standard InChI is InChI=1S/C25H29N7O3/c1-15-13-32-21(16(2)27-15)10-19(29-32)18-11-23(33)31-14-20(26-12-22(31)28-18)17-6-8-30(9-7-17)24(34)35-25(3,4)5/h10-14,17H,6-9H2,1-5H3. The van der Waals surface area contributed by atoms with E-state index in [9.17, 15) is 9.59 Å². The van der Waals surface area contributed by atoms with Crippen molar-refractivity contribution in [3.8, 4) is 11.4 Å². The molecule has 0 aromatic carbocycles. The van der Waals surface area contributed by atoms with E-state index in [1.54, 1.807) is 21.8 Å². The first kappa shape index (κ1) is 22.9. The summed E-state index contributed by atoms with van der Waals surface area (Å²) in [5, 5.41) is 4.59. The Kier molecular flexibility index (Phi) is 5.53. The predicted octanol–water partition coefficient (Wildman–Crippen LogP) is 3.53. The van der Waals surface area contributed by atoms with E-state index in [0.29, 0.717) is 30.1 Å². The number of aryl methyl sites for hydroxylation is 2. The van der Waals surface area contributed by atoms with Crippen molar-refractivity contribution in [2.24, 2.45) is 0 Å². The second-order valence-corrected chi connectivity index (χ2v) is 10.1. The SMILES string of the molecule is Cc1cn2nc(-c3cc(=O)n4cc(C5CCN(C(=O)OC(C)(C)C)CC5)ncc4n3)cc2c(C)n1. The number of fused-ring (bicyclic) bond motifs is 2. The Balaban J connectivity index is 1.38. The molecule has 4 aromatic heterocycles. The summed E-state index contributed by atoms with van der Waals surface area (Å²) < 4.78 is 8.77. The quantitative estimate of drug-likeness (QED) is 0.436. The lowest BCUT2D eigenvalue weighted by Crippen LogP contribution is -2.41. The highest BCUT2D eigenvalue weighted by atomic mass is 16.6. The lowest BCUT2D eigenvalue weighted by atomic mass is 9.94. The molecule has 10 nitrogen and oxygen atoms in total. The van der Waals surface area contributed by atoms with Crippen molar-refractivity contribution in [3.05, 3.63) is 58.2 Å². The average Bonchev–Trinajstić information content (AvgIpc) is 3.22. The second kappa shape index (κ2) is 8.44. The van der Waals surface area contributed by atoms with Gasteiger partial charge in [0, 0.05) is 31.3 Å². The number of amides is 1. The predicted molar refractivity (Wildman–Crippen MR) is 130 cm³/mol. The topological polar surface area (TPSA) is 107 Å². The monoisotopic (exact) mass is 475 g/mol. The lowest BCUT2D eigenvalue weighted by molar-refractivity contribution is 0.0204. The van der Waals surface area contributed by atoms with E-state index in [1.165, 1.54) is 10.5 Å². The van der Waals surface area contributed by atoms with Gasteiger partial charge in [0.2, 0.25) is 0 Å². The highest BCUT2D eigenvalue weighted by molar-refractivity contribution is 5.68. The first-order chi connectivity index (χ1) is 16.6. The summed E-state index contributed by atoms with van der Waals surface area (Å²) in [6.07, 6.45) is 6.47. The number of aromatic nitrogens is 6. The van der Waals surface area contributed by atoms with E-state index in [0.717, 1.165) is 35.4 Å². The molecule has 1 aliphatic rings. The first-order valence-electron chi connectivity index (χ1n) is 11.8. The smallest absolute Gasteiger partial charge is 0.410 e. The van der Waals surface area contributed by atoms with Crippen LogP contribution in [0.3, 0.4) is 0 Å². The molecule has 1 fully saturated rings. The van der Waals surface area contributed by atoms with Crippen LogP contribution in [-0.2, 0) is 4.74 Å². The number of ether oxygens (including phenoxy) is 1. The molecule has 5 heterocycles. The number of likely N-dealkylation sites (tertiary alicyclic amines) is 1. The number of hydrogen-bond donors (Lipinski definition) is 0. The van der Waals surface area contributed by atoms with Crippen molar-refractivity contribution in [3.63, 3.8) is 0 Å². The van der Waals surface area contributed by atoms with Crippen LogP contribution < -0.4 is 5.56 Å². The summed E-state index contributed by atoms with van der Waals surface area (Å²) in [6, 6.07) is 3.39. The van der Waals surface area contributed by atoms with Gasteiger partial charge in [-0.15, -0.1) is 0 Å². The van der Waals surface area contributed by atoms with Crippen LogP contribution in [0.5, 0.6) is 0 Å². The van der Waals surface area contributed by atoms with Crippen molar-refractivity contribution in [2.75, 3.05) is 13.1 Å². The Morgan fingerprint density at radius 1 is 1.06 bits per heavy atom. The van der Waals surface area contributed by atoms with Gasteiger partial charge < -0.3 is 9.64 Å². The molecule has 0 atom stereocenters.